The van der Waals surface area contributed by atoms with Gasteiger partial charge in [-0.1, -0.05) is 12.2 Å². The number of anilines is 1. The Morgan fingerprint density at radius 2 is 1.92 bits per heavy atom. The van der Waals surface area contributed by atoms with Gasteiger partial charge in [-0.3, -0.25) is 4.57 Å². The Labute approximate surface area is 156 Å². The SMILES string of the molecule is CCOP(=O)(CC=CCOc1cc(N)cc([C@@H](C)NB(C)O)c1)OCC. The van der Waals surface area contributed by atoms with E-state index >= 15 is 0 Å². The van der Waals surface area contributed by atoms with Gasteiger partial charge < -0.3 is 29.8 Å². The van der Waals surface area contributed by atoms with Gasteiger partial charge in [0.15, 0.2) is 0 Å². The third-order valence-corrected chi connectivity index (χ3v) is 5.40. The number of hydrogen-bond acceptors (Lipinski definition) is 7. The third kappa shape index (κ3) is 8.38. The van der Waals surface area contributed by atoms with Gasteiger partial charge in [-0.05, 0) is 45.3 Å². The highest BCUT2D eigenvalue weighted by Crippen LogP contribution is 2.47. The van der Waals surface area contributed by atoms with Gasteiger partial charge >= 0.3 is 14.6 Å². The smallest absolute Gasteiger partial charge is 0.374 e. The highest BCUT2D eigenvalue weighted by molar-refractivity contribution is 7.54. The van der Waals surface area contributed by atoms with Crippen molar-refractivity contribution in [2.24, 2.45) is 0 Å². The molecule has 0 bridgehead atoms. The molecule has 0 aliphatic rings. The fraction of sp³-hybridized carbons (Fsp3) is 0.529. The second kappa shape index (κ2) is 11.4. The zero-order valence-corrected chi connectivity index (χ0v) is 16.9. The molecular weight excluding hydrogens is 354 g/mol. The number of nitrogen functional groups attached to an aromatic ring is 1. The molecule has 0 heterocycles. The maximum absolute atomic E-state index is 12.3. The largest absolute Gasteiger partial charge is 0.489 e. The van der Waals surface area contributed by atoms with Crippen LogP contribution in [0.1, 0.15) is 32.4 Å². The summed E-state index contributed by atoms with van der Waals surface area (Å²) < 4.78 is 28.5. The summed E-state index contributed by atoms with van der Waals surface area (Å²) in [7, 11) is -3.69. The predicted molar refractivity (Wildman–Crippen MR) is 107 cm³/mol. The molecule has 0 amide bonds. The van der Waals surface area contributed by atoms with Crippen molar-refractivity contribution in [2.75, 3.05) is 31.7 Å². The third-order valence-electron chi connectivity index (χ3n) is 3.44. The van der Waals surface area contributed by atoms with Crippen molar-refractivity contribution in [1.29, 1.82) is 0 Å². The number of nitrogens with two attached hydrogens (primary N) is 1. The number of rotatable bonds is 12. The zero-order chi connectivity index (χ0) is 19.6. The lowest BCUT2D eigenvalue weighted by atomic mass is 9.86. The molecule has 7 nitrogen and oxygen atoms in total. The van der Waals surface area contributed by atoms with Crippen LogP contribution in [0.15, 0.2) is 30.4 Å². The Morgan fingerprint density at radius 1 is 1.27 bits per heavy atom. The topological polar surface area (TPSA) is 103 Å². The van der Waals surface area contributed by atoms with Gasteiger partial charge in [-0.2, -0.15) is 0 Å². The van der Waals surface area contributed by atoms with Crippen molar-refractivity contribution in [1.82, 2.24) is 5.23 Å². The van der Waals surface area contributed by atoms with E-state index in [1.165, 1.54) is 0 Å². The molecule has 0 aliphatic heterocycles. The summed E-state index contributed by atoms with van der Waals surface area (Å²) in [5.74, 6) is 0.627. The monoisotopic (exact) mass is 384 g/mol. The first-order chi connectivity index (χ1) is 12.3. The van der Waals surface area contributed by atoms with Gasteiger partial charge in [0, 0.05) is 17.8 Å². The number of allylic oxidation sites excluding steroid dienone is 1. The molecule has 0 saturated carbocycles. The van der Waals surface area contributed by atoms with E-state index < -0.39 is 14.6 Å². The van der Waals surface area contributed by atoms with Crippen molar-refractivity contribution >= 4 is 20.3 Å². The van der Waals surface area contributed by atoms with Crippen LogP contribution in [0.3, 0.4) is 0 Å². The maximum atomic E-state index is 12.3. The average molecular weight is 384 g/mol. The van der Waals surface area contributed by atoms with Crippen LogP contribution in [-0.2, 0) is 13.6 Å². The van der Waals surface area contributed by atoms with Gasteiger partial charge in [0.2, 0.25) is 0 Å². The molecule has 0 saturated heterocycles. The van der Waals surface area contributed by atoms with Crippen LogP contribution in [0.2, 0.25) is 6.82 Å². The van der Waals surface area contributed by atoms with Gasteiger partial charge in [-0.25, -0.2) is 0 Å². The van der Waals surface area contributed by atoms with E-state index in [1.807, 2.05) is 19.1 Å². The fourth-order valence-corrected chi connectivity index (χ4v) is 3.87. The molecule has 9 heteroatoms. The standard InChI is InChI=1S/C17H30BN2O5P/c1-5-24-26(22,25-6-2)10-8-7-9-23-17-12-15(11-16(19)13-17)14(3)20-18(4)21/h7-8,11-14,20-21H,5-6,9-10,19H2,1-4H3/t14-/m1/s1. The van der Waals surface area contributed by atoms with Gasteiger partial charge in [0.1, 0.15) is 12.4 Å². The summed E-state index contributed by atoms with van der Waals surface area (Å²) in [5.41, 5.74) is 7.42. The Bertz CT molecular complexity index is 617. The molecule has 1 aromatic rings. The van der Waals surface area contributed by atoms with E-state index in [4.69, 9.17) is 19.5 Å². The van der Waals surface area contributed by atoms with Crippen LogP contribution in [0.4, 0.5) is 5.69 Å². The normalized spacial score (nSPS) is 13.1. The highest BCUT2D eigenvalue weighted by atomic mass is 31.2. The van der Waals surface area contributed by atoms with Crippen molar-refractivity contribution in [3.8, 4) is 5.75 Å². The van der Waals surface area contributed by atoms with E-state index in [0.717, 1.165) is 5.56 Å². The average Bonchev–Trinajstić information content (AvgIpc) is 2.54. The van der Waals surface area contributed by atoms with Crippen molar-refractivity contribution in [3.05, 3.63) is 35.9 Å². The molecule has 4 N–H and O–H groups in total. The van der Waals surface area contributed by atoms with Crippen LogP contribution in [0.25, 0.3) is 0 Å². The maximum Gasteiger partial charge on any atom is 0.374 e. The van der Waals surface area contributed by atoms with Crippen LogP contribution < -0.4 is 15.7 Å². The van der Waals surface area contributed by atoms with Crippen LogP contribution in [0.5, 0.6) is 5.75 Å². The highest BCUT2D eigenvalue weighted by Gasteiger charge is 2.21. The van der Waals surface area contributed by atoms with E-state index in [2.05, 4.69) is 5.23 Å². The van der Waals surface area contributed by atoms with Crippen LogP contribution >= 0.6 is 7.60 Å². The lowest BCUT2D eigenvalue weighted by Gasteiger charge is -2.17. The molecule has 0 unspecified atom stereocenters. The molecule has 0 spiro atoms. The first kappa shape index (κ1) is 22.7. The first-order valence-electron chi connectivity index (χ1n) is 8.80. The lowest BCUT2D eigenvalue weighted by molar-refractivity contribution is 0.222. The van der Waals surface area contributed by atoms with Gasteiger partial charge in [-0.15, -0.1) is 0 Å². The molecule has 0 aromatic heterocycles. The first-order valence-corrected chi connectivity index (χ1v) is 10.5. The van der Waals surface area contributed by atoms with Crippen LogP contribution in [0, 0.1) is 0 Å². The minimum absolute atomic E-state index is 0.0698. The summed E-state index contributed by atoms with van der Waals surface area (Å²) in [6.07, 6.45) is 3.71. The molecule has 0 radical (unpaired) electrons. The van der Waals surface area contributed by atoms with E-state index in [1.54, 1.807) is 38.9 Å². The lowest BCUT2D eigenvalue weighted by Crippen LogP contribution is -2.32. The molecular formula is C17H30BN2O5P. The molecule has 26 heavy (non-hydrogen) atoms. The van der Waals surface area contributed by atoms with E-state index in [0.29, 0.717) is 31.3 Å². The Hall–Kier alpha value is -1.31. The quantitative estimate of drug-likeness (QED) is 0.220. The summed E-state index contributed by atoms with van der Waals surface area (Å²) in [4.78, 5) is 0. The number of ether oxygens (including phenoxy) is 1. The minimum atomic E-state index is -3.07. The molecule has 146 valence electrons. The second-order valence-corrected chi connectivity index (χ2v) is 7.91. The number of nitrogens with one attached hydrogen (secondary N) is 1. The molecule has 1 aromatic carbocycles. The van der Waals surface area contributed by atoms with Crippen molar-refractivity contribution in [3.63, 3.8) is 0 Å². The zero-order valence-electron chi connectivity index (χ0n) is 16.0. The Morgan fingerprint density at radius 3 is 2.50 bits per heavy atom. The van der Waals surface area contributed by atoms with Gasteiger partial charge in [0.25, 0.3) is 0 Å². The molecule has 1 rings (SSSR count). The molecule has 0 aliphatic carbocycles. The predicted octanol–water partition coefficient (Wildman–Crippen LogP) is 3.23. The van der Waals surface area contributed by atoms with E-state index in [-0.39, 0.29) is 12.2 Å². The van der Waals surface area contributed by atoms with Crippen molar-refractivity contribution in [2.45, 2.75) is 33.6 Å². The van der Waals surface area contributed by atoms with E-state index in [9.17, 15) is 9.59 Å². The summed E-state index contributed by atoms with van der Waals surface area (Å²) in [6.45, 7) is 8.14. The number of benzene rings is 1. The van der Waals surface area contributed by atoms with Gasteiger partial charge in [0.05, 0.1) is 19.4 Å². The second-order valence-electron chi connectivity index (χ2n) is 5.81. The minimum Gasteiger partial charge on any atom is -0.489 e. The van der Waals surface area contributed by atoms with Crippen molar-refractivity contribution < 1.29 is 23.4 Å². The Balaban J connectivity index is 2.62. The molecule has 0 fully saturated rings. The Kier molecular flexibility index (Phi) is 9.98. The van der Waals surface area contributed by atoms with Crippen LogP contribution in [-0.4, -0.2) is 38.1 Å². The molecule has 1 atom stereocenters. The number of hydrogen-bond donors (Lipinski definition) is 3. The summed E-state index contributed by atoms with van der Waals surface area (Å²) >= 11 is 0. The fourth-order valence-electron chi connectivity index (χ4n) is 2.39. The summed E-state index contributed by atoms with van der Waals surface area (Å²) in [6, 6.07) is 5.37. The summed E-state index contributed by atoms with van der Waals surface area (Å²) in [5, 5.41) is 12.4.